The van der Waals surface area contributed by atoms with E-state index >= 15 is 0 Å². The Hall–Kier alpha value is -1.79. The Kier molecular flexibility index (Phi) is 7.08. The van der Waals surface area contributed by atoms with Gasteiger partial charge in [0, 0.05) is 24.2 Å². The number of carbonyl (C=O) groups is 1. The molecule has 0 saturated carbocycles. The predicted molar refractivity (Wildman–Crippen MR) is 103 cm³/mol. The van der Waals surface area contributed by atoms with E-state index in [4.69, 9.17) is 0 Å². The molecule has 0 heterocycles. The van der Waals surface area contributed by atoms with Gasteiger partial charge < -0.3 is 5.32 Å². The third-order valence-electron chi connectivity index (χ3n) is 3.77. The molecule has 0 spiro atoms. The summed E-state index contributed by atoms with van der Waals surface area (Å²) in [5.41, 5.74) is 2.14. The third-order valence-corrected chi connectivity index (χ3v) is 5.93. The van der Waals surface area contributed by atoms with E-state index in [0.717, 1.165) is 17.1 Å². The molecule has 2 aromatic carbocycles. The number of amides is 1. The second-order valence-corrected chi connectivity index (χ2v) is 9.04. The second-order valence-electron chi connectivity index (χ2n) is 5.92. The summed E-state index contributed by atoms with van der Waals surface area (Å²) in [6, 6.07) is 16.7. The SMILES string of the molecule is C[C@@H](NC(=O)CCSCc1ccccc1)c1ccc(S(C)(=O)=O)cc1. The lowest BCUT2D eigenvalue weighted by Crippen LogP contribution is -2.26. The van der Waals surface area contributed by atoms with Gasteiger partial charge in [0.05, 0.1) is 10.9 Å². The Labute approximate surface area is 154 Å². The zero-order valence-corrected chi connectivity index (χ0v) is 16.1. The first-order chi connectivity index (χ1) is 11.9. The van der Waals surface area contributed by atoms with E-state index in [-0.39, 0.29) is 16.8 Å². The molecule has 0 aliphatic carbocycles. The van der Waals surface area contributed by atoms with Crippen LogP contribution in [0.3, 0.4) is 0 Å². The highest BCUT2D eigenvalue weighted by molar-refractivity contribution is 7.98. The summed E-state index contributed by atoms with van der Waals surface area (Å²) in [5, 5.41) is 2.95. The smallest absolute Gasteiger partial charge is 0.221 e. The Morgan fingerprint density at radius 3 is 2.32 bits per heavy atom. The quantitative estimate of drug-likeness (QED) is 0.714. The minimum atomic E-state index is -3.20. The molecule has 6 heteroatoms. The average molecular weight is 378 g/mol. The highest BCUT2D eigenvalue weighted by Crippen LogP contribution is 2.17. The van der Waals surface area contributed by atoms with Crippen LogP contribution in [-0.4, -0.2) is 26.3 Å². The first kappa shape index (κ1) is 19.5. The zero-order chi connectivity index (χ0) is 18.3. The van der Waals surface area contributed by atoms with Crippen molar-refractivity contribution < 1.29 is 13.2 Å². The summed E-state index contributed by atoms with van der Waals surface area (Å²) in [6.45, 7) is 1.89. The summed E-state index contributed by atoms with van der Waals surface area (Å²) in [4.78, 5) is 12.3. The van der Waals surface area contributed by atoms with E-state index in [9.17, 15) is 13.2 Å². The van der Waals surface area contributed by atoms with E-state index in [0.29, 0.717) is 6.42 Å². The molecule has 134 valence electrons. The Morgan fingerprint density at radius 1 is 1.08 bits per heavy atom. The Balaban J connectivity index is 1.76. The summed E-state index contributed by atoms with van der Waals surface area (Å²) >= 11 is 1.73. The molecule has 1 amide bonds. The van der Waals surface area contributed by atoms with Crippen LogP contribution in [0.5, 0.6) is 0 Å². The minimum absolute atomic E-state index is 0.000233. The second kappa shape index (κ2) is 9.06. The molecule has 0 saturated heterocycles. The maximum Gasteiger partial charge on any atom is 0.221 e. The molecular formula is C19H23NO3S2. The van der Waals surface area contributed by atoms with Crippen LogP contribution in [0.25, 0.3) is 0 Å². The fourth-order valence-corrected chi connectivity index (χ4v) is 3.86. The number of nitrogens with one attached hydrogen (secondary N) is 1. The number of sulfone groups is 1. The topological polar surface area (TPSA) is 63.2 Å². The molecular weight excluding hydrogens is 354 g/mol. The van der Waals surface area contributed by atoms with Crippen molar-refractivity contribution in [3.8, 4) is 0 Å². The monoisotopic (exact) mass is 377 g/mol. The van der Waals surface area contributed by atoms with Crippen molar-refractivity contribution in [1.82, 2.24) is 5.32 Å². The molecule has 0 bridgehead atoms. The highest BCUT2D eigenvalue weighted by Gasteiger charge is 2.11. The van der Waals surface area contributed by atoms with Crippen molar-refractivity contribution in [1.29, 1.82) is 0 Å². The van der Waals surface area contributed by atoms with Gasteiger partial charge in [-0.3, -0.25) is 4.79 Å². The van der Waals surface area contributed by atoms with E-state index in [2.05, 4.69) is 17.4 Å². The standard InChI is InChI=1S/C19H23NO3S2/c1-15(17-8-10-18(11-9-17)25(2,22)23)20-19(21)12-13-24-14-16-6-4-3-5-7-16/h3-11,15H,12-14H2,1-2H3,(H,20,21)/t15-/m1/s1. The lowest BCUT2D eigenvalue weighted by molar-refractivity contribution is -0.121. The van der Waals surface area contributed by atoms with E-state index in [1.165, 1.54) is 11.8 Å². The third kappa shape index (κ3) is 6.55. The Bertz CT molecular complexity index is 787. The molecule has 25 heavy (non-hydrogen) atoms. The minimum Gasteiger partial charge on any atom is -0.350 e. The molecule has 0 fully saturated rings. The van der Waals surface area contributed by atoms with Crippen LogP contribution in [0.1, 0.15) is 30.5 Å². The fraction of sp³-hybridized carbons (Fsp3) is 0.316. The lowest BCUT2D eigenvalue weighted by Gasteiger charge is -2.14. The molecule has 4 nitrogen and oxygen atoms in total. The van der Waals surface area contributed by atoms with Crippen molar-refractivity contribution in [2.45, 2.75) is 30.0 Å². The molecule has 2 aromatic rings. The van der Waals surface area contributed by atoms with Crippen molar-refractivity contribution in [2.75, 3.05) is 12.0 Å². The van der Waals surface area contributed by atoms with Gasteiger partial charge in [-0.1, -0.05) is 42.5 Å². The van der Waals surface area contributed by atoms with Gasteiger partial charge >= 0.3 is 0 Å². The number of hydrogen-bond acceptors (Lipinski definition) is 4. The number of hydrogen-bond donors (Lipinski definition) is 1. The maximum absolute atomic E-state index is 12.0. The molecule has 1 atom stereocenters. The van der Waals surface area contributed by atoms with Crippen molar-refractivity contribution >= 4 is 27.5 Å². The molecule has 1 N–H and O–H groups in total. The average Bonchev–Trinajstić information content (AvgIpc) is 2.59. The maximum atomic E-state index is 12.0. The van der Waals surface area contributed by atoms with E-state index < -0.39 is 9.84 Å². The summed E-state index contributed by atoms with van der Waals surface area (Å²) < 4.78 is 22.9. The molecule has 0 aliphatic heterocycles. The lowest BCUT2D eigenvalue weighted by atomic mass is 10.1. The van der Waals surface area contributed by atoms with Crippen LogP contribution in [0, 0.1) is 0 Å². The van der Waals surface area contributed by atoms with Gasteiger partial charge in [-0.2, -0.15) is 11.8 Å². The van der Waals surface area contributed by atoms with Crippen molar-refractivity contribution in [3.63, 3.8) is 0 Å². The van der Waals surface area contributed by atoms with Crippen LogP contribution in [-0.2, 0) is 20.4 Å². The van der Waals surface area contributed by atoms with Gasteiger partial charge in [-0.05, 0) is 30.2 Å². The normalized spacial score (nSPS) is 12.6. The molecule has 0 aromatic heterocycles. The van der Waals surface area contributed by atoms with Gasteiger partial charge in [0.2, 0.25) is 5.91 Å². The first-order valence-electron chi connectivity index (χ1n) is 8.07. The number of carbonyl (C=O) groups excluding carboxylic acids is 1. The summed E-state index contributed by atoms with van der Waals surface area (Å²) in [7, 11) is -3.20. The van der Waals surface area contributed by atoms with Crippen LogP contribution in [0.15, 0.2) is 59.5 Å². The van der Waals surface area contributed by atoms with Crippen molar-refractivity contribution in [3.05, 3.63) is 65.7 Å². The van der Waals surface area contributed by atoms with E-state index in [1.807, 2.05) is 25.1 Å². The summed E-state index contributed by atoms with van der Waals surface area (Å²) in [5.74, 6) is 1.66. The van der Waals surface area contributed by atoms with Gasteiger partial charge in [-0.25, -0.2) is 8.42 Å². The first-order valence-corrected chi connectivity index (χ1v) is 11.1. The van der Waals surface area contributed by atoms with Gasteiger partial charge in [-0.15, -0.1) is 0 Å². The zero-order valence-electron chi connectivity index (χ0n) is 14.4. The van der Waals surface area contributed by atoms with Crippen LogP contribution in [0.4, 0.5) is 0 Å². The number of benzene rings is 2. The summed E-state index contributed by atoms with van der Waals surface area (Å²) in [6.07, 6.45) is 1.64. The van der Waals surface area contributed by atoms with Gasteiger partial charge in [0.15, 0.2) is 9.84 Å². The number of rotatable bonds is 8. The number of thioether (sulfide) groups is 1. The molecule has 0 aliphatic rings. The van der Waals surface area contributed by atoms with Crippen molar-refractivity contribution in [2.24, 2.45) is 0 Å². The van der Waals surface area contributed by atoms with E-state index in [1.54, 1.807) is 36.0 Å². The highest BCUT2D eigenvalue weighted by atomic mass is 32.2. The largest absolute Gasteiger partial charge is 0.350 e. The van der Waals surface area contributed by atoms with Crippen LogP contribution >= 0.6 is 11.8 Å². The fourth-order valence-electron chi connectivity index (χ4n) is 2.33. The molecule has 0 unspecified atom stereocenters. The Morgan fingerprint density at radius 2 is 1.72 bits per heavy atom. The predicted octanol–water partition coefficient (Wildman–Crippen LogP) is 3.59. The van der Waals surface area contributed by atoms with Gasteiger partial charge in [0.25, 0.3) is 0 Å². The molecule has 2 rings (SSSR count). The van der Waals surface area contributed by atoms with Crippen LogP contribution < -0.4 is 5.32 Å². The van der Waals surface area contributed by atoms with Crippen LogP contribution in [0.2, 0.25) is 0 Å². The molecule has 0 radical (unpaired) electrons. The van der Waals surface area contributed by atoms with Gasteiger partial charge in [0.1, 0.15) is 0 Å².